The van der Waals surface area contributed by atoms with Crippen LogP contribution in [-0.4, -0.2) is 23.1 Å². The van der Waals surface area contributed by atoms with Gasteiger partial charge >= 0.3 is 11.9 Å². The van der Waals surface area contributed by atoms with Crippen molar-refractivity contribution in [3.8, 4) is 0 Å². The number of rotatable bonds is 10. The van der Waals surface area contributed by atoms with Crippen LogP contribution in [-0.2, 0) is 19.1 Å². The van der Waals surface area contributed by atoms with Crippen molar-refractivity contribution in [2.45, 2.75) is 97.7 Å². The lowest BCUT2D eigenvalue weighted by atomic mass is 9.94. The third-order valence-electron chi connectivity index (χ3n) is 4.82. The van der Waals surface area contributed by atoms with Gasteiger partial charge in [-0.1, -0.05) is 41.5 Å². The molecule has 0 aliphatic carbocycles. The summed E-state index contributed by atoms with van der Waals surface area (Å²) in [7, 11) is 0. The van der Waals surface area contributed by atoms with Crippen molar-refractivity contribution in [3.05, 3.63) is 0 Å². The van der Waals surface area contributed by atoms with Gasteiger partial charge in [0.05, 0.1) is 0 Å². The van der Waals surface area contributed by atoms with Gasteiger partial charge in [-0.15, -0.1) is 0 Å². The van der Waals surface area contributed by atoms with E-state index in [-0.39, 0.29) is 6.42 Å². The van der Waals surface area contributed by atoms with Crippen LogP contribution in [0.1, 0.15) is 86.5 Å². The summed E-state index contributed by atoms with van der Waals surface area (Å²) in [5.41, 5.74) is -0.899. The average molecular weight is 300 g/mol. The summed E-state index contributed by atoms with van der Waals surface area (Å²) in [5.74, 6) is -0.967. The summed E-state index contributed by atoms with van der Waals surface area (Å²) in [4.78, 5) is 23.9. The minimum atomic E-state index is -0.484. The van der Waals surface area contributed by atoms with Gasteiger partial charge in [0.15, 0.2) is 0 Å². The molecule has 0 unspecified atom stereocenters. The van der Waals surface area contributed by atoms with Crippen molar-refractivity contribution >= 4 is 11.9 Å². The third kappa shape index (κ3) is 5.68. The quantitative estimate of drug-likeness (QED) is 0.443. The van der Waals surface area contributed by atoms with E-state index in [1.54, 1.807) is 0 Å². The molecule has 0 radical (unpaired) electrons. The molecular weight excluding hydrogens is 268 g/mol. The highest BCUT2D eigenvalue weighted by atomic mass is 16.6. The van der Waals surface area contributed by atoms with Crippen molar-refractivity contribution in [3.63, 3.8) is 0 Å². The Kier molecular flexibility index (Phi) is 8.60. The van der Waals surface area contributed by atoms with Gasteiger partial charge in [0.1, 0.15) is 17.6 Å². The fourth-order valence-corrected chi connectivity index (χ4v) is 2.61. The van der Waals surface area contributed by atoms with Gasteiger partial charge in [-0.2, -0.15) is 0 Å². The molecule has 0 aromatic heterocycles. The normalized spacial score (nSPS) is 12.1. The van der Waals surface area contributed by atoms with Crippen LogP contribution < -0.4 is 0 Å². The third-order valence-corrected chi connectivity index (χ3v) is 4.82. The Morgan fingerprint density at radius 3 is 1.05 bits per heavy atom. The smallest absolute Gasteiger partial charge is 0.317 e. The van der Waals surface area contributed by atoms with E-state index in [0.717, 1.165) is 38.5 Å². The van der Waals surface area contributed by atoms with E-state index in [4.69, 9.17) is 9.47 Å². The maximum Gasteiger partial charge on any atom is 0.317 e. The van der Waals surface area contributed by atoms with Crippen LogP contribution in [0.15, 0.2) is 0 Å². The molecule has 21 heavy (non-hydrogen) atoms. The first-order chi connectivity index (χ1) is 9.86. The van der Waals surface area contributed by atoms with Gasteiger partial charge in [-0.3, -0.25) is 9.59 Å². The summed E-state index contributed by atoms with van der Waals surface area (Å²) in [6.07, 6.45) is 4.22. The van der Waals surface area contributed by atoms with E-state index < -0.39 is 23.1 Å². The van der Waals surface area contributed by atoms with Gasteiger partial charge in [0, 0.05) is 0 Å². The van der Waals surface area contributed by atoms with E-state index in [1.807, 2.05) is 41.5 Å². The van der Waals surface area contributed by atoms with Crippen LogP contribution in [0.2, 0.25) is 0 Å². The van der Waals surface area contributed by atoms with Gasteiger partial charge in [0.25, 0.3) is 0 Å². The number of carbonyl (C=O) groups excluding carboxylic acids is 2. The lowest BCUT2D eigenvalue weighted by Crippen LogP contribution is -2.36. The van der Waals surface area contributed by atoms with Crippen LogP contribution in [0.5, 0.6) is 0 Å². The molecule has 124 valence electrons. The van der Waals surface area contributed by atoms with E-state index in [0.29, 0.717) is 0 Å². The summed E-state index contributed by atoms with van der Waals surface area (Å²) < 4.78 is 11.1. The SMILES string of the molecule is CCC(CC)(CC)OC(=O)CC(=O)OC(CC)(CC)CC. The Hall–Kier alpha value is -1.06. The molecule has 0 N–H and O–H groups in total. The molecule has 0 saturated heterocycles. The fraction of sp³-hybridized carbons (Fsp3) is 0.882. The average Bonchev–Trinajstić information content (AvgIpc) is 2.50. The van der Waals surface area contributed by atoms with Crippen LogP contribution in [0.4, 0.5) is 0 Å². The molecule has 0 spiro atoms. The molecule has 0 atom stereocenters. The molecule has 0 bridgehead atoms. The second kappa shape index (κ2) is 9.06. The summed E-state index contributed by atoms with van der Waals surface area (Å²) >= 11 is 0. The zero-order valence-electron chi connectivity index (χ0n) is 14.6. The minimum Gasteiger partial charge on any atom is -0.459 e. The molecule has 0 aromatic rings. The maximum atomic E-state index is 12.0. The highest BCUT2D eigenvalue weighted by Crippen LogP contribution is 2.27. The number of ether oxygens (including phenoxy) is 2. The van der Waals surface area contributed by atoms with Crippen molar-refractivity contribution in [1.82, 2.24) is 0 Å². The molecule has 0 aliphatic heterocycles. The molecule has 0 aromatic carbocycles. The monoisotopic (exact) mass is 300 g/mol. The van der Waals surface area contributed by atoms with Crippen molar-refractivity contribution in [2.75, 3.05) is 0 Å². The van der Waals surface area contributed by atoms with Gasteiger partial charge < -0.3 is 9.47 Å². The second-order valence-corrected chi connectivity index (χ2v) is 5.61. The van der Waals surface area contributed by atoms with E-state index >= 15 is 0 Å². The first-order valence-electron chi connectivity index (χ1n) is 8.30. The minimum absolute atomic E-state index is 0.302. The van der Waals surface area contributed by atoms with Gasteiger partial charge in [-0.25, -0.2) is 0 Å². The Morgan fingerprint density at radius 1 is 0.619 bits per heavy atom. The molecule has 0 aliphatic rings. The highest BCUT2D eigenvalue weighted by Gasteiger charge is 2.32. The number of carbonyl (C=O) groups is 2. The zero-order chi connectivity index (χ0) is 16.5. The Labute approximate surface area is 129 Å². The van der Waals surface area contributed by atoms with E-state index in [1.165, 1.54) is 0 Å². The number of esters is 2. The molecule has 4 heteroatoms. The topological polar surface area (TPSA) is 52.6 Å². The predicted molar refractivity (Wildman–Crippen MR) is 84.0 cm³/mol. The molecule has 0 amide bonds. The lowest BCUT2D eigenvalue weighted by molar-refractivity contribution is -0.173. The highest BCUT2D eigenvalue weighted by molar-refractivity contribution is 5.91. The van der Waals surface area contributed by atoms with Crippen molar-refractivity contribution in [2.24, 2.45) is 0 Å². The maximum absolute atomic E-state index is 12.0. The van der Waals surface area contributed by atoms with Crippen LogP contribution in [0, 0.1) is 0 Å². The fourth-order valence-electron chi connectivity index (χ4n) is 2.61. The Bertz CT molecular complexity index is 279. The summed E-state index contributed by atoms with van der Waals surface area (Å²) in [6.45, 7) is 12.0. The second-order valence-electron chi connectivity index (χ2n) is 5.61. The first kappa shape index (κ1) is 19.9. The molecule has 0 saturated carbocycles. The molecule has 0 heterocycles. The van der Waals surface area contributed by atoms with Gasteiger partial charge in [0.2, 0.25) is 0 Å². The molecule has 0 fully saturated rings. The van der Waals surface area contributed by atoms with Crippen molar-refractivity contribution in [1.29, 1.82) is 0 Å². The lowest BCUT2D eigenvalue weighted by Gasteiger charge is -2.32. The van der Waals surface area contributed by atoms with Crippen LogP contribution >= 0.6 is 0 Å². The summed E-state index contributed by atoms with van der Waals surface area (Å²) in [5, 5.41) is 0. The van der Waals surface area contributed by atoms with E-state index in [9.17, 15) is 9.59 Å². The number of hydrogen-bond donors (Lipinski definition) is 0. The van der Waals surface area contributed by atoms with Gasteiger partial charge in [-0.05, 0) is 38.5 Å². The predicted octanol–water partition coefficient (Wildman–Crippen LogP) is 4.40. The standard InChI is InChI=1S/C17H32O4/c1-7-16(8-2,9-3)20-14(18)13-15(19)21-17(10-4,11-5)12-6/h7-13H2,1-6H3. The Balaban J connectivity index is 4.62. The first-order valence-corrected chi connectivity index (χ1v) is 8.30. The zero-order valence-corrected chi connectivity index (χ0v) is 14.6. The summed E-state index contributed by atoms with van der Waals surface area (Å²) in [6, 6.07) is 0. The van der Waals surface area contributed by atoms with Crippen LogP contribution in [0.25, 0.3) is 0 Å². The number of hydrogen-bond acceptors (Lipinski definition) is 4. The molecule has 4 nitrogen and oxygen atoms in total. The van der Waals surface area contributed by atoms with E-state index in [2.05, 4.69) is 0 Å². The van der Waals surface area contributed by atoms with Crippen molar-refractivity contribution < 1.29 is 19.1 Å². The largest absolute Gasteiger partial charge is 0.459 e. The van der Waals surface area contributed by atoms with Crippen LogP contribution in [0.3, 0.4) is 0 Å². The molecular formula is C17H32O4. The molecule has 0 rings (SSSR count). The Morgan fingerprint density at radius 2 is 0.857 bits per heavy atom.